The van der Waals surface area contributed by atoms with E-state index >= 15 is 0 Å². The molecule has 2 heterocycles. The molecule has 0 bridgehead atoms. The molecule has 3 aromatic rings. The second kappa shape index (κ2) is 6.54. The highest BCUT2D eigenvalue weighted by atomic mass is 35.5. The summed E-state index contributed by atoms with van der Waals surface area (Å²) in [7, 11) is 1.56. The van der Waals surface area contributed by atoms with Crippen LogP contribution in [0.25, 0.3) is 5.69 Å². The minimum Gasteiger partial charge on any atom is -0.481 e. The molecule has 0 fully saturated rings. The number of aromatic nitrogens is 5. The number of hydrogen-bond donors (Lipinski definition) is 0. The number of methoxy groups -OCH3 is 1. The van der Waals surface area contributed by atoms with Gasteiger partial charge in [-0.05, 0) is 18.2 Å². The number of nitrogens with zero attached hydrogens (tertiary/aromatic N) is 5. The zero-order valence-electron chi connectivity index (χ0n) is 11.6. The molecule has 0 aliphatic rings. The monoisotopic (exact) mass is 321 g/mol. The smallest absolute Gasteiger partial charge is 0.264 e. The van der Waals surface area contributed by atoms with E-state index in [0.29, 0.717) is 28.2 Å². The van der Waals surface area contributed by atoms with Crippen molar-refractivity contribution in [3.05, 3.63) is 47.3 Å². The molecule has 0 amide bonds. The molecule has 22 heavy (non-hydrogen) atoms. The largest absolute Gasteiger partial charge is 0.481 e. The first-order valence-corrected chi connectivity index (χ1v) is 6.73. The van der Waals surface area contributed by atoms with Crippen LogP contribution in [0, 0.1) is 0 Å². The Bertz CT molecular complexity index is 744. The van der Waals surface area contributed by atoms with E-state index in [1.807, 2.05) is 0 Å². The molecular formula is C13H12ClN5O3. The summed E-state index contributed by atoms with van der Waals surface area (Å²) in [5, 5.41) is 12.0. The first kappa shape index (κ1) is 14.5. The number of ether oxygens (including phenoxy) is 2. The van der Waals surface area contributed by atoms with Crippen molar-refractivity contribution >= 4 is 11.6 Å². The van der Waals surface area contributed by atoms with Crippen molar-refractivity contribution < 1.29 is 14.0 Å². The topological polar surface area (TPSA) is 88.1 Å². The van der Waals surface area contributed by atoms with E-state index in [-0.39, 0.29) is 13.2 Å². The van der Waals surface area contributed by atoms with Crippen LogP contribution >= 0.6 is 11.6 Å². The highest BCUT2D eigenvalue weighted by molar-refractivity contribution is 6.30. The van der Waals surface area contributed by atoms with Crippen molar-refractivity contribution in [1.29, 1.82) is 0 Å². The Kier molecular flexibility index (Phi) is 4.31. The lowest BCUT2D eigenvalue weighted by Crippen LogP contribution is -2.02. The van der Waals surface area contributed by atoms with Crippen molar-refractivity contribution in [3.63, 3.8) is 0 Å². The van der Waals surface area contributed by atoms with Gasteiger partial charge in [0.05, 0.1) is 12.4 Å². The molecule has 0 radical (unpaired) electrons. The van der Waals surface area contributed by atoms with Crippen LogP contribution in [-0.2, 0) is 18.0 Å². The minimum atomic E-state index is 0.125. The number of rotatable bonds is 6. The summed E-state index contributed by atoms with van der Waals surface area (Å²) in [4.78, 5) is 4.14. The van der Waals surface area contributed by atoms with Crippen molar-refractivity contribution in [3.8, 4) is 11.4 Å². The van der Waals surface area contributed by atoms with Gasteiger partial charge in [0.1, 0.15) is 18.0 Å². The maximum absolute atomic E-state index is 6.02. The van der Waals surface area contributed by atoms with Crippen LogP contribution in [0.4, 0.5) is 0 Å². The van der Waals surface area contributed by atoms with Crippen molar-refractivity contribution in [2.75, 3.05) is 7.11 Å². The fourth-order valence-corrected chi connectivity index (χ4v) is 1.97. The second-order valence-corrected chi connectivity index (χ2v) is 4.72. The highest BCUT2D eigenvalue weighted by Crippen LogP contribution is 2.26. The number of hydrogen-bond acceptors (Lipinski definition) is 7. The summed E-state index contributed by atoms with van der Waals surface area (Å²) in [5.74, 6) is 1.39. The molecule has 2 aromatic heterocycles. The van der Waals surface area contributed by atoms with E-state index in [4.69, 9.17) is 25.6 Å². The molecule has 0 spiro atoms. The second-order valence-electron chi connectivity index (χ2n) is 4.29. The Labute approximate surface area is 130 Å². The van der Waals surface area contributed by atoms with E-state index in [1.165, 1.54) is 0 Å². The summed E-state index contributed by atoms with van der Waals surface area (Å²) >= 11 is 6.02. The Morgan fingerprint density at radius 1 is 1.32 bits per heavy atom. The fraction of sp³-hybridized carbons (Fsp3) is 0.231. The van der Waals surface area contributed by atoms with Gasteiger partial charge in [0.25, 0.3) is 5.89 Å². The van der Waals surface area contributed by atoms with Gasteiger partial charge in [0.2, 0.25) is 0 Å². The quantitative estimate of drug-likeness (QED) is 0.686. The Hall–Kier alpha value is -2.45. The Morgan fingerprint density at radius 2 is 2.23 bits per heavy atom. The van der Waals surface area contributed by atoms with Crippen molar-refractivity contribution in [2.24, 2.45) is 0 Å². The Morgan fingerprint density at radius 3 is 3.00 bits per heavy atom. The molecule has 1 aromatic carbocycles. The standard InChI is InChI=1S/C13H12ClN5O3/c1-20-7-12-16-13(22-17-12)8-21-11-3-2-9(14)6-10(11)19-5-4-15-18-19/h2-6H,7-8H2,1H3. The van der Waals surface area contributed by atoms with Gasteiger partial charge in [-0.15, -0.1) is 5.10 Å². The first-order chi connectivity index (χ1) is 10.8. The van der Waals surface area contributed by atoms with E-state index in [0.717, 1.165) is 0 Å². The van der Waals surface area contributed by atoms with Gasteiger partial charge in [-0.25, -0.2) is 4.68 Å². The number of benzene rings is 1. The molecule has 114 valence electrons. The lowest BCUT2D eigenvalue weighted by Gasteiger charge is -2.09. The van der Waals surface area contributed by atoms with Crippen LogP contribution in [-0.4, -0.2) is 32.2 Å². The molecule has 9 heteroatoms. The van der Waals surface area contributed by atoms with Crippen molar-refractivity contribution in [1.82, 2.24) is 25.1 Å². The van der Waals surface area contributed by atoms with Gasteiger partial charge >= 0.3 is 0 Å². The maximum atomic E-state index is 6.02. The molecule has 0 atom stereocenters. The minimum absolute atomic E-state index is 0.125. The molecule has 0 saturated carbocycles. The highest BCUT2D eigenvalue weighted by Gasteiger charge is 2.11. The number of halogens is 1. The third kappa shape index (κ3) is 3.23. The average molecular weight is 322 g/mol. The SMILES string of the molecule is COCc1noc(COc2ccc(Cl)cc2-n2ccnn2)n1. The lowest BCUT2D eigenvalue weighted by atomic mass is 10.3. The van der Waals surface area contributed by atoms with E-state index in [9.17, 15) is 0 Å². The van der Waals surface area contributed by atoms with Gasteiger partial charge in [-0.2, -0.15) is 4.98 Å². The predicted molar refractivity (Wildman–Crippen MR) is 75.7 cm³/mol. The van der Waals surface area contributed by atoms with Gasteiger partial charge in [-0.1, -0.05) is 22.0 Å². The predicted octanol–water partition coefficient (Wildman–Crippen LogP) is 2.03. The maximum Gasteiger partial charge on any atom is 0.264 e. The van der Waals surface area contributed by atoms with E-state index in [2.05, 4.69) is 20.5 Å². The molecule has 3 rings (SSSR count). The first-order valence-electron chi connectivity index (χ1n) is 6.35. The zero-order valence-corrected chi connectivity index (χ0v) is 12.4. The third-order valence-corrected chi connectivity index (χ3v) is 2.96. The van der Waals surface area contributed by atoms with Gasteiger partial charge in [0.15, 0.2) is 12.4 Å². The molecule has 0 N–H and O–H groups in total. The molecular weight excluding hydrogens is 310 g/mol. The normalized spacial score (nSPS) is 10.8. The van der Waals surface area contributed by atoms with Crippen LogP contribution in [0.5, 0.6) is 5.75 Å². The van der Waals surface area contributed by atoms with Gasteiger partial charge in [0, 0.05) is 12.1 Å². The lowest BCUT2D eigenvalue weighted by molar-refractivity contribution is 0.174. The zero-order chi connectivity index (χ0) is 15.4. The third-order valence-electron chi connectivity index (χ3n) is 2.73. The molecule has 0 unspecified atom stereocenters. The van der Waals surface area contributed by atoms with E-state index in [1.54, 1.807) is 42.4 Å². The average Bonchev–Trinajstić information content (AvgIpc) is 3.18. The summed E-state index contributed by atoms with van der Waals surface area (Å²) in [6, 6.07) is 5.20. The van der Waals surface area contributed by atoms with Crippen LogP contribution < -0.4 is 4.74 Å². The molecule has 0 aliphatic heterocycles. The summed E-state index contributed by atoms with van der Waals surface area (Å²) < 4.78 is 17.3. The fourth-order valence-electron chi connectivity index (χ4n) is 1.80. The van der Waals surface area contributed by atoms with Crippen LogP contribution in [0.1, 0.15) is 11.7 Å². The van der Waals surface area contributed by atoms with E-state index < -0.39 is 0 Å². The summed E-state index contributed by atoms with van der Waals surface area (Å²) in [5.41, 5.74) is 0.668. The van der Waals surface area contributed by atoms with Crippen LogP contribution in [0.3, 0.4) is 0 Å². The van der Waals surface area contributed by atoms with Crippen LogP contribution in [0.2, 0.25) is 5.02 Å². The van der Waals surface area contributed by atoms with Gasteiger partial charge in [-0.3, -0.25) is 0 Å². The van der Waals surface area contributed by atoms with Gasteiger partial charge < -0.3 is 14.0 Å². The molecule has 0 saturated heterocycles. The Balaban J connectivity index is 1.77. The summed E-state index contributed by atoms with van der Waals surface area (Å²) in [6.45, 7) is 0.411. The molecule has 0 aliphatic carbocycles. The molecule has 8 nitrogen and oxygen atoms in total. The van der Waals surface area contributed by atoms with Crippen LogP contribution in [0.15, 0.2) is 35.1 Å². The van der Waals surface area contributed by atoms with Crippen molar-refractivity contribution in [2.45, 2.75) is 13.2 Å². The summed E-state index contributed by atoms with van der Waals surface area (Å²) in [6.07, 6.45) is 3.27.